The van der Waals surface area contributed by atoms with Crippen molar-refractivity contribution >= 4 is 19.8 Å². The van der Waals surface area contributed by atoms with Crippen LogP contribution in [0, 0.1) is 0 Å². The van der Waals surface area contributed by atoms with Crippen molar-refractivity contribution in [2.24, 2.45) is 0 Å². The number of nitrogens with zero attached hydrogens (tertiary/aromatic N) is 1. The molecule has 500 valence electrons. The van der Waals surface area contributed by atoms with Crippen LogP contribution in [-0.2, 0) is 32.7 Å². The maximum absolute atomic E-state index is 12.9. The Balaban J connectivity index is 4.01. The standard InChI is InChI=1S/C76H138NO8P/c1-6-8-10-12-14-16-18-20-22-24-26-28-30-32-33-34-35-36-37-38-39-40-41-42-43-45-47-49-51-53-55-57-59-61-63-65-67-69-76(79)85-74(73-84-86(80,81)83-71-70-77(3,4)5)72-82-75(78)68-66-64-62-60-58-56-54-52-50-48-46-44-31-29-27-25-23-21-19-17-15-13-11-9-7-2/h8,10,14,16,20,22,26,28,32-33,35-36,38-39,74H,6-7,9,11-13,15,17-19,21,23-25,27,29-31,34,37,40-73H2,1-5H3/p+1/b10-8-,16-14-,22-20-,28-26-,33-32-,36-35-,39-38-. The molecule has 0 aliphatic heterocycles. The highest BCUT2D eigenvalue weighted by atomic mass is 31.2. The highest BCUT2D eigenvalue weighted by Gasteiger charge is 2.27. The van der Waals surface area contributed by atoms with Gasteiger partial charge in [0.1, 0.15) is 19.8 Å². The van der Waals surface area contributed by atoms with E-state index in [1.807, 2.05) is 21.1 Å². The first-order valence-electron chi connectivity index (χ1n) is 36.3. The van der Waals surface area contributed by atoms with Gasteiger partial charge in [-0.15, -0.1) is 0 Å². The lowest BCUT2D eigenvalue weighted by molar-refractivity contribution is -0.870. The van der Waals surface area contributed by atoms with Gasteiger partial charge in [0.2, 0.25) is 0 Å². The summed E-state index contributed by atoms with van der Waals surface area (Å²) >= 11 is 0. The number of hydrogen-bond acceptors (Lipinski definition) is 7. The number of likely N-dealkylation sites (N-methyl/N-ethyl adjacent to an activating group) is 1. The first-order valence-corrected chi connectivity index (χ1v) is 37.8. The third-order valence-corrected chi connectivity index (χ3v) is 16.9. The summed E-state index contributed by atoms with van der Waals surface area (Å²) in [6.45, 7) is 4.37. The molecule has 86 heavy (non-hydrogen) atoms. The highest BCUT2D eigenvalue weighted by molar-refractivity contribution is 7.47. The Labute approximate surface area is 532 Å². The van der Waals surface area contributed by atoms with Gasteiger partial charge in [-0.2, -0.15) is 0 Å². The van der Waals surface area contributed by atoms with Crippen LogP contribution < -0.4 is 0 Å². The molecule has 0 aromatic carbocycles. The van der Waals surface area contributed by atoms with Gasteiger partial charge >= 0.3 is 19.8 Å². The van der Waals surface area contributed by atoms with Crippen LogP contribution in [0.1, 0.15) is 335 Å². The van der Waals surface area contributed by atoms with Crippen molar-refractivity contribution in [3.8, 4) is 0 Å². The molecule has 0 aromatic heterocycles. The fourth-order valence-corrected chi connectivity index (χ4v) is 11.2. The van der Waals surface area contributed by atoms with Crippen molar-refractivity contribution in [3.05, 3.63) is 85.1 Å². The zero-order chi connectivity index (χ0) is 62.6. The van der Waals surface area contributed by atoms with Crippen LogP contribution in [0.5, 0.6) is 0 Å². The second kappa shape index (κ2) is 66.6. The van der Waals surface area contributed by atoms with Crippen LogP contribution in [0.4, 0.5) is 0 Å². The maximum atomic E-state index is 12.9. The molecule has 9 nitrogen and oxygen atoms in total. The van der Waals surface area contributed by atoms with Crippen LogP contribution in [0.3, 0.4) is 0 Å². The number of phosphoric acid groups is 1. The molecule has 1 N–H and O–H groups in total. The van der Waals surface area contributed by atoms with E-state index in [-0.39, 0.29) is 25.6 Å². The highest BCUT2D eigenvalue weighted by Crippen LogP contribution is 2.43. The molecule has 0 aliphatic carbocycles. The molecule has 0 amide bonds. The first kappa shape index (κ1) is 83.2. The Morgan fingerprint density at radius 2 is 0.663 bits per heavy atom. The normalized spacial score (nSPS) is 13.6. The Morgan fingerprint density at radius 3 is 0.988 bits per heavy atom. The molecule has 2 atom stereocenters. The summed E-state index contributed by atoms with van der Waals surface area (Å²) in [5, 5.41) is 0. The van der Waals surface area contributed by atoms with E-state index in [9.17, 15) is 19.0 Å². The average molecular weight is 1230 g/mol. The number of esters is 2. The molecule has 2 unspecified atom stereocenters. The van der Waals surface area contributed by atoms with Crippen LogP contribution in [0.25, 0.3) is 0 Å². The molecule has 0 radical (unpaired) electrons. The lowest BCUT2D eigenvalue weighted by atomic mass is 10.0. The number of carbonyl (C=O) groups is 2. The minimum absolute atomic E-state index is 0.0317. The number of hydrogen-bond donors (Lipinski definition) is 1. The molecule has 0 aromatic rings. The van der Waals surface area contributed by atoms with E-state index >= 15 is 0 Å². The van der Waals surface area contributed by atoms with Gasteiger partial charge in [-0.05, 0) is 70.6 Å². The van der Waals surface area contributed by atoms with E-state index in [0.717, 1.165) is 77.0 Å². The Hall–Kier alpha value is -2.81. The van der Waals surface area contributed by atoms with Crippen molar-refractivity contribution in [1.82, 2.24) is 0 Å². The van der Waals surface area contributed by atoms with Gasteiger partial charge in [0.05, 0.1) is 27.7 Å². The Bertz CT molecular complexity index is 1730. The number of unbranched alkanes of at least 4 members (excludes halogenated alkanes) is 39. The number of allylic oxidation sites excluding steroid dienone is 14. The van der Waals surface area contributed by atoms with E-state index in [0.29, 0.717) is 23.9 Å². The van der Waals surface area contributed by atoms with Gasteiger partial charge in [0.15, 0.2) is 6.10 Å². The quantitative estimate of drug-likeness (QED) is 0.0211. The summed E-state index contributed by atoms with van der Waals surface area (Å²) in [6, 6.07) is 0. The minimum atomic E-state index is -4.39. The lowest BCUT2D eigenvalue weighted by Gasteiger charge is -2.24. The zero-order valence-electron chi connectivity index (χ0n) is 57.0. The van der Waals surface area contributed by atoms with Crippen LogP contribution in [-0.4, -0.2) is 74.9 Å². The summed E-state index contributed by atoms with van der Waals surface area (Å²) in [5.74, 6) is -0.782. The van der Waals surface area contributed by atoms with Crippen molar-refractivity contribution in [2.45, 2.75) is 341 Å². The van der Waals surface area contributed by atoms with Gasteiger partial charge < -0.3 is 18.9 Å². The fraction of sp³-hybridized carbons (Fsp3) is 0.789. The molecule has 0 aliphatic rings. The fourth-order valence-electron chi connectivity index (χ4n) is 10.4. The molecule has 0 rings (SSSR count). The number of quaternary nitrogens is 1. The van der Waals surface area contributed by atoms with Gasteiger partial charge in [0.25, 0.3) is 0 Å². The molecule has 0 fully saturated rings. The molecular formula is C76H139NO8P+. The summed E-state index contributed by atoms with van der Waals surface area (Å²) in [5.41, 5.74) is 0. The summed E-state index contributed by atoms with van der Waals surface area (Å²) in [4.78, 5) is 35.9. The van der Waals surface area contributed by atoms with E-state index < -0.39 is 26.5 Å². The van der Waals surface area contributed by atoms with Crippen LogP contribution in [0.15, 0.2) is 85.1 Å². The molecule has 0 saturated heterocycles. The topological polar surface area (TPSA) is 108 Å². The van der Waals surface area contributed by atoms with Gasteiger partial charge in [-0.25, -0.2) is 4.57 Å². The van der Waals surface area contributed by atoms with Crippen LogP contribution >= 0.6 is 7.82 Å². The average Bonchev–Trinajstić information content (AvgIpc) is 3.67. The number of rotatable bonds is 67. The minimum Gasteiger partial charge on any atom is -0.462 e. The predicted molar refractivity (Wildman–Crippen MR) is 372 cm³/mol. The van der Waals surface area contributed by atoms with Gasteiger partial charge in [-0.1, -0.05) is 336 Å². The van der Waals surface area contributed by atoms with Crippen molar-refractivity contribution in [3.63, 3.8) is 0 Å². The first-order chi connectivity index (χ1) is 42.0. The van der Waals surface area contributed by atoms with Crippen molar-refractivity contribution < 1.29 is 42.1 Å². The number of carbonyl (C=O) groups excluding carboxylic acids is 2. The molecule has 0 spiro atoms. The SMILES string of the molecule is CC/C=C\C/C=C\C/C=C\C/C=C\C/C=C\C/C=C\C/C=C\CCCCCCCCCCCCCCCCCC(=O)OC(COC(=O)CCCCCCCCCCCCCCCCCCCCCCCCCCC)COP(=O)(O)OCC[N+](C)(C)C. The molecule has 10 heteroatoms. The Kier molecular flexibility index (Phi) is 64.4. The second-order valence-electron chi connectivity index (χ2n) is 25.6. The lowest BCUT2D eigenvalue weighted by Crippen LogP contribution is -2.37. The van der Waals surface area contributed by atoms with Gasteiger partial charge in [0, 0.05) is 12.8 Å². The molecular weight excluding hydrogens is 1090 g/mol. The second-order valence-corrected chi connectivity index (χ2v) is 27.1. The van der Waals surface area contributed by atoms with E-state index in [1.54, 1.807) is 0 Å². The largest absolute Gasteiger partial charge is 0.472 e. The molecule has 0 heterocycles. The molecule has 0 bridgehead atoms. The smallest absolute Gasteiger partial charge is 0.462 e. The van der Waals surface area contributed by atoms with Crippen LogP contribution in [0.2, 0.25) is 0 Å². The van der Waals surface area contributed by atoms with E-state index in [4.69, 9.17) is 18.5 Å². The maximum Gasteiger partial charge on any atom is 0.472 e. The monoisotopic (exact) mass is 1230 g/mol. The van der Waals surface area contributed by atoms with E-state index in [1.165, 1.54) is 225 Å². The molecule has 0 saturated carbocycles. The zero-order valence-corrected chi connectivity index (χ0v) is 57.9. The number of phosphoric ester groups is 1. The van der Waals surface area contributed by atoms with Crippen molar-refractivity contribution in [2.75, 3.05) is 47.5 Å². The Morgan fingerprint density at radius 1 is 0.372 bits per heavy atom. The summed E-state index contributed by atoms with van der Waals surface area (Å²) in [6.07, 6.45) is 91.2. The third kappa shape index (κ3) is 70.3. The van der Waals surface area contributed by atoms with Gasteiger partial charge in [-0.3, -0.25) is 18.6 Å². The summed E-state index contributed by atoms with van der Waals surface area (Å²) in [7, 11) is 1.49. The van der Waals surface area contributed by atoms with E-state index in [2.05, 4.69) is 98.9 Å². The van der Waals surface area contributed by atoms with Crippen molar-refractivity contribution in [1.29, 1.82) is 0 Å². The third-order valence-electron chi connectivity index (χ3n) is 15.9. The predicted octanol–water partition coefficient (Wildman–Crippen LogP) is 23.7. The summed E-state index contributed by atoms with van der Waals surface area (Å²) < 4.78 is 34.8. The number of ether oxygens (including phenoxy) is 2.